The molecular formula is C16H11Br2N3O2S2. The lowest BCUT2D eigenvalue weighted by Gasteiger charge is -2.03. The van der Waals surface area contributed by atoms with Crippen LogP contribution in [-0.4, -0.2) is 28.0 Å². The first-order valence-corrected chi connectivity index (χ1v) is 10.4. The van der Waals surface area contributed by atoms with Crippen molar-refractivity contribution in [2.24, 2.45) is 5.10 Å². The number of hydrogen-bond donors (Lipinski definition) is 2. The number of para-hydroxylation sites is 1. The van der Waals surface area contributed by atoms with Gasteiger partial charge in [0.15, 0.2) is 4.34 Å². The van der Waals surface area contributed by atoms with Gasteiger partial charge in [0.05, 0.1) is 26.7 Å². The van der Waals surface area contributed by atoms with Crippen molar-refractivity contribution in [3.8, 4) is 5.75 Å². The number of amides is 1. The Balaban J connectivity index is 1.56. The molecule has 9 heteroatoms. The molecule has 1 aromatic heterocycles. The molecule has 3 aromatic rings. The summed E-state index contributed by atoms with van der Waals surface area (Å²) in [6, 6.07) is 11.3. The molecule has 128 valence electrons. The van der Waals surface area contributed by atoms with Crippen molar-refractivity contribution in [1.29, 1.82) is 0 Å². The fourth-order valence-electron chi connectivity index (χ4n) is 1.93. The van der Waals surface area contributed by atoms with Crippen LogP contribution in [0.5, 0.6) is 5.75 Å². The van der Waals surface area contributed by atoms with Crippen molar-refractivity contribution in [3.63, 3.8) is 0 Å². The third-order valence-electron chi connectivity index (χ3n) is 3.05. The molecule has 2 aromatic carbocycles. The summed E-state index contributed by atoms with van der Waals surface area (Å²) in [6.45, 7) is 0. The topological polar surface area (TPSA) is 74.6 Å². The van der Waals surface area contributed by atoms with E-state index in [4.69, 9.17) is 0 Å². The van der Waals surface area contributed by atoms with E-state index in [1.165, 1.54) is 18.0 Å². The highest BCUT2D eigenvalue weighted by molar-refractivity contribution is 9.11. The average molecular weight is 501 g/mol. The fraction of sp³-hybridized carbons (Fsp3) is 0.0625. The lowest BCUT2D eigenvalue weighted by atomic mass is 10.2. The minimum atomic E-state index is -0.242. The number of carbonyl (C=O) groups is 1. The number of aromatic nitrogens is 1. The number of benzene rings is 2. The average Bonchev–Trinajstić information content (AvgIpc) is 3.00. The molecule has 5 nitrogen and oxygen atoms in total. The first-order chi connectivity index (χ1) is 12.0. The number of aromatic hydroxyl groups is 1. The first-order valence-electron chi connectivity index (χ1n) is 7.01. The molecule has 0 radical (unpaired) electrons. The van der Waals surface area contributed by atoms with E-state index < -0.39 is 0 Å². The lowest BCUT2D eigenvalue weighted by Crippen LogP contribution is -2.19. The Morgan fingerprint density at radius 3 is 2.96 bits per heavy atom. The van der Waals surface area contributed by atoms with Crippen molar-refractivity contribution in [3.05, 3.63) is 50.9 Å². The highest BCUT2D eigenvalue weighted by Gasteiger charge is 2.08. The summed E-state index contributed by atoms with van der Waals surface area (Å²) >= 11 is 9.50. The molecule has 2 N–H and O–H groups in total. The molecule has 3 rings (SSSR count). The van der Waals surface area contributed by atoms with Gasteiger partial charge in [-0.05, 0) is 40.2 Å². The Morgan fingerprint density at radius 2 is 2.16 bits per heavy atom. The van der Waals surface area contributed by atoms with E-state index in [0.29, 0.717) is 10.0 Å². The van der Waals surface area contributed by atoms with Crippen molar-refractivity contribution in [2.75, 3.05) is 5.75 Å². The number of thiazole rings is 1. The molecule has 1 heterocycles. The van der Waals surface area contributed by atoms with Crippen LogP contribution in [0.15, 0.2) is 54.8 Å². The van der Waals surface area contributed by atoms with Gasteiger partial charge in [-0.15, -0.1) is 11.3 Å². The predicted molar refractivity (Wildman–Crippen MR) is 110 cm³/mol. The van der Waals surface area contributed by atoms with Crippen LogP contribution < -0.4 is 5.43 Å². The number of phenols is 1. The number of hydrazone groups is 1. The van der Waals surface area contributed by atoms with Crippen LogP contribution in [0.4, 0.5) is 0 Å². The summed E-state index contributed by atoms with van der Waals surface area (Å²) in [5, 5.41) is 13.8. The highest BCUT2D eigenvalue weighted by atomic mass is 79.9. The summed E-state index contributed by atoms with van der Waals surface area (Å²) in [6.07, 6.45) is 1.39. The van der Waals surface area contributed by atoms with Gasteiger partial charge in [-0.2, -0.15) is 5.10 Å². The van der Waals surface area contributed by atoms with E-state index in [9.17, 15) is 9.90 Å². The van der Waals surface area contributed by atoms with Crippen molar-refractivity contribution in [1.82, 2.24) is 10.4 Å². The van der Waals surface area contributed by atoms with E-state index >= 15 is 0 Å². The highest BCUT2D eigenvalue weighted by Crippen LogP contribution is 2.31. The number of nitrogens with one attached hydrogen (secondary N) is 1. The maximum Gasteiger partial charge on any atom is 0.250 e. The molecule has 0 bridgehead atoms. The van der Waals surface area contributed by atoms with Crippen LogP contribution in [0.2, 0.25) is 0 Å². The van der Waals surface area contributed by atoms with Crippen LogP contribution in [0, 0.1) is 0 Å². The van der Waals surface area contributed by atoms with E-state index in [-0.39, 0.29) is 17.4 Å². The number of nitrogens with zero attached hydrogens (tertiary/aromatic N) is 2. The van der Waals surface area contributed by atoms with Gasteiger partial charge in [-0.3, -0.25) is 4.79 Å². The third-order valence-corrected chi connectivity index (χ3v) is 6.29. The van der Waals surface area contributed by atoms with Crippen molar-refractivity contribution >= 4 is 77.3 Å². The molecule has 0 atom stereocenters. The van der Waals surface area contributed by atoms with Gasteiger partial charge in [-0.25, -0.2) is 10.4 Å². The standard InChI is InChI=1S/C16H11Br2N3O2S2/c17-10-5-9(15(23)11(18)6-10)7-19-21-14(22)8-24-16-20-12-3-1-2-4-13(12)25-16/h1-7,23H,8H2,(H,21,22)/b19-7-. The monoisotopic (exact) mass is 499 g/mol. The maximum absolute atomic E-state index is 11.9. The predicted octanol–water partition coefficient (Wildman–Crippen LogP) is 4.77. The Labute approximate surface area is 168 Å². The Hall–Kier alpha value is -1.42. The SMILES string of the molecule is O=C(CSc1nc2ccccc2s1)N/N=C\c1cc(Br)cc(Br)c1O. The zero-order valence-corrected chi connectivity index (χ0v) is 17.4. The summed E-state index contributed by atoms with van der Waals surface area (Å²) in [7, 11) is 0. The van der Waals surface area contributed by atoms with Crippen LogP contribution in [0.3, 0.4) is 0 Å². The molecule has 0 aliphatic heterocycles. The second kappa shape index (κ2) is 8.31. The van der Waals surface area contributed by atoms with E-state index in [0.717, 1.165) is 19.0 Å². The molecule has 0 spiro atoms. The zero-order chi connectivity index (χ0) is 17.8. The second-order valence-corrected chi connectivity index (χ2v) is 8.88. The van der Waals surface area contributed by atoms with Gasteiger partial charge >= 0.3 is 0 Å². The molecule has 0 aliphatic rings. The number of carbonyl (C=O) groups excluding carboxylic acids is 1. The first kappa shape index (κ1) is 18.4. The summed E-state index contributed by atoms with van der Waals surface area (Å²) in [5.74, 6) is 0.0322. The summed E-state index contributed by atoms with van der Waals surface area (Å²) in [5.41, 5.74) is 3.87. The van der Waals surface area contributed by atoms with Gasteiger partial charge in [0, 0.05) is 10.0 Å². The largest absolute Gasteiger partial charge is 0.506 e. The summed E-state index contributed by atoms with van der Waals surface area (Å²) < 4.78 is 3.27. The molecule has 0 saturated heterocycles. The van der Waals surface area contributed by atoms with Gasteiger partial charge in [0.1, 0.15) is 5.75 Å². The van der Waals surface area contributed by atoms with Crippen molar-refractivity contribution < 1.29 is 9.90 Å². The molecule has 1 amide bonds. The van der Waals surface area contributed by atoms with E-state index in [1.54, 1.807) is 23.5 Å². The molecule has 0 aliphatic carbocycles. The third kappa shape index (κ3) is 4.81. The Bertz CT molecular complexity index is 927. The maximum atomic E-state index is 11.9. The number of fused-ring (bicyclic) bond motifs is 1. The molecule has 0 unspecified atom stereocenters. The Morgan fingerprint density at radius 1 is 1.36 bits per heavy atom. The Kier molecular flexibility index (Phi) is 6.10. The fourth-order valence-corrected chi connectivity index (χ4v) is 5.05. The second-order valence-electron chi connectivity index (χ2n) is 4.85. The van der Waals surface area contributed by atoms with Gasteiger partial charge in [0.25, 0.3) is 5.91 Å². The van der Waals surface area contributed by atoms with Gasteiger partial charge < -0.3 is 5.11 Å². The minimum absolute atomic E-state index is 0.0602. The van der Waals surface area contributed by atoms with E-state index in [2.05, 4.69) is 47.4 Å². The number of hydrogen-bond acceptors (Lipinski definition) is 6. The zero-order valence-electron chi connectivity index (χ0n) is 12.6. The smallest absolute Gasteiger partial charge is 0.250 e. The van der Waals surface area contributed by atoms with Gasteiger partial charge in [0.2, 0.25) is 0 Å². The molecule has 0 fully saturated rings. The normalized spacial score (nSPS) is 11.3. The summed E-state index contributed by atoms with van der Waals surface area (Å²) in [4.78, 5) is 16.4. The number of halogens is 2. The van der Waals surface area contributed by atoms with Crippen LogP contribution in [0.25, 0.3) is 10.2 Å². The molecule has 0 saturated carbocycles. The lowest BCUT2D eigenvalue weighted by molar-refractivity contribution is -0.118. The number of thioether (sulfide) groups is 1. The van der Waals surface area contributed by atoms with Gasteiger partial charge in [-0.1, -0.05) is 39.8 Å². The molecule has 25 heavy (non-hydrogen) atoms. The molecular weight excluding hydrogens is 490 g/mol. The van der Waals surface area contributed by atoms with Crippen LogP contribution in [0.1, 0.15) is 5.56 Å². The number of phenolic OH excluding ortho intramolecular Hbond substituents is 1. The van der Waals surface area contributed by atoms with E-state index in [1.807, 2.05) is 24.3 Å². The number of rotatable bonds is 5. The van der Waals surface area contributed by atoms with Crippen LogP contribution >= 0.6 is 55.0 Å². The quantitative estimate of drug-likeness (QED) is 0.300. The minimum Gasteiger partial charge on any atom is -0.506 e. The van der Waals surface area contributed by atoms with Crippen molar-refractivity contribution in [2.45, 2.75) is 4.34 Å². The van der Waals surface area contributed by atoms with Crippen LogP contribution in [-0.2, 0) is 4.79 Å².